The van der Waals surface area contributed by atoms with Crippen LogP contribution in [0.15, 0.2) is 18.2 Å². The van der Waals surface area contributed by atoms with Gasteiger partial charge in [0.25, 0.3) is 5.69 Å². The van der Waals surface area contributed by atoms with Crippen molar-refractivity contribution in [3.63, 3.8) is 0 Å². The first kappa shape index (κ1) is 12.3. The first-order valence-corrected chi connectivity index (χ1v) is 5.63. The van der Waals surface area contributed by atoms with E-state index in [1.165, 1.54) is 6.07 Å². The SMILES string of the molecule is CC1(O)CN(Cc2ccc(Cl)cc2[N+](=O)[O-])C1. The molecule has 17 heavy (non-hydrogen) atoms. The number of nitro groups is 1. The molecule has 1 fully saturated rings. The van der Waals surface area contributed by atoms with E-state index in [-0.39, 0.29) is 5.69 Å². The second-order valence-electron chi connectivity index (χ2n) is 4.67. The van der Waals surface area contributed by atoms with E-state index in [1.807, 2.05) is 4.90 Å². The van der Waals surface area contributed by atoms with E-state index in [1.54, 1.807) is 19.1 Å². The summed E-state index contributed by atoms with van der Waals surface area (Å²) < 4.78 is 0. The normalized spacial score (nSPS) is 18.8. The zero-order valence-corrected chi connectivity index (χ0v) is 10.1. The lowest BCUT2D eigenvalue weighted by atomic mass is 9.96. The Kier molecular flexibility index (Phi) is 3.07. The predicted molar refractivity (Wildman–Crippen MR) is 64.0 cm³/mol. The van der Waals surface area contributed by atoms with E-state index in [2.05, 4.69) is 0 Å². The fraction of sp³-hybridized carbons (Fsp3) is 0.455. The molecule has 1 aromatic rings. The van der Waals surface area contributed by atoms with Gasteiger partial charge in [-0.25, -0.2) is 0 Å². The van der Waals surface area contributed by atoms with Gasteiger partial charge in [0, 0.05) is 36.3 Å². The molecule has 0 bridgehead atoms. The van der Waals surface area contributed by atoms with Crippen LogP contribution in [0.2, 0.25) is 5.02 Å². The summed E-state index contributed by atoms with van der Waals surface area (Å²) in [7, 11) is 0. The standard InChI is InChI=1S/C11H13ClN2O3/c1-11(15)6-13(7-11)5-8-2-3-9(12)4-10(8)14(16)17/h2-4,15H,5-7H2,1H3. The van der Waals surface area contributed by atoms with Crippen molar-refractivity contribution >= 4 is 17.3 Å². The molecule has 0 amide bonds. The summed E-state index contributed by atoms with van der Waals surface area (Å²) in [6.45, 7) is 3.28. The van der Waals surface area contributed by atoms with Crippen molar-refractivity contribution in [2.24, 2.45) is 0 Å². The van der Waals surface area contributed by atoms with Crippen LogP contribution in [-0.4, -0.2) is 33.6 Å². The molecule has 5 nitrogen and oxygen atoms in total. The molecule has 92 valence electrons. The Hall–Kier alpha value is -1.17. The molecular formula is C11H13ClN2O3. The molecule has 0 aromatic heterocycles. The number of hydrogen-bond donors (Lipinski definition) is 1. The summed E-state index contributed by atoms with van der Waals surface area (Å²) >= 11 is 5.73. The summed E-state index contributed by atoms with van der Waals surface area (Å²) in [5.41, 5.74) is -0.0137. The Bertz CT molecular complexity index is 454. The number of β-amino-alcohol motifs (C(OH)–C–C–N with tert-alkyl or cyclic N) is 1. The first-order valence-electron chi connectivity index (χ1n) is 5.25. The van der Waals surface area contributed by atoms with Crippen LogP contribution in [0.4, 0.5) is 5.69 Å². The highest BCUT2D eigenvalue weighted by Crippen LogP contribution is 2.28. The molecule has 0 saturated carbocycles. The minimum absolute atomic E-state index is 0.0315. The van der Waals surface area contributed by atoms with Crippen molar-refractivity contribution in [3.05, 3.63) is 38.9 Å². The third-order valence-corrected chi connectivity index (χ3v) is 3.00. The fourth-order valence-corrected chi connectivity index (χ4v) is 2.28. The van der Waals surface area contributed by atoms with Gasteiger partial charge in [-0.15, -0.1) is 0 Å². The van der Waals surface area contributed by atoms with E-state index >= 15 is 0 Å². The average molecular weight is 257 g/mol. The average Bonchev–Trinajstić information content (AvgIpc) is 2.17. The number of nitro benzene ring substituents is 1. The van der Waals surface area contributed by atoms with Gasteiger partial charge in [0.1, 0.15) is 0 Å². The Morgan fingerprint density at radius 1 is 1.59 bits per heavy atom. The van der Waals surface area contributed by atoms with Crippen molar-refractivity contribution in [2.75, 3.05) is 13.1 Å². The highest BCUT2D eigenvalue weighted by atomic mass is 35.5. The lowest BCUT2D eigenvalue weighted by Gasteiger charge is -2.44. The van der Waals surface area contributed by atoms with E-state index in [4.69, 9.17) is 11.6 Å². The van der Waals surface area contributed by atoms with E-state index < -0.39 is 10.5 Å². The molecule has 6 heteroatoms. The number of hydrogen-bond acceptors (Lipinski definition) is 4. The van der Waals surface area contributed by atoms with Crippen molar-refractivity contribution in [1.82, 2.24) is 4.90 Å². The molecule has 1 N–H and O–H groups in total. The number of benzene rings is 1. The second-order valence-corrected chi connectivity index (χ2v) is 5.11. The molecule has 1 heterocycles. The zero-order chi connectivity index (χ0) is 12.6. The molecule has 2 rings (SSSR count). The van der Waals surface area contributed by atoms with Crippen LogP contribution in [0.3, 0.4) is 0 Å². The van der Waals surface area contributed by atoms with Gasteiger partial charge in [-0.2, -0.15) is 0 Å². The Morgan fingerprint density at radius 3 is 2.76 bits per heavy atom. The van der Waals surface area contributed by atoms with Gasteiger partial charge >= 0.3 is 0 Å². The van der Waals surface area contributed by atoms with Crippen molar-refractivity contribution in [3.8, 4) is 0 Å². The molecule has 0 aliphatic carbocycles. The summed E-state index contributed by atoms with van der Waals surface area (Å²) in [6.07, 6.45) is 0. The Balaban J connectivity index is 2.13. The van der Waals surface area contributed by atoms with Gasteiger partial charge in [-0.1, -0.05) is 11.6 Å². The smallest absolute Gasteiger partial charge is 0.275 e. The lowest BCUT2D eigenvalue weighted by molar-refractivity contribution is -0.385. The van der Waals surface area contributed by atoms with Crippen LogP contribution in [0, 0.1) is 10.1 Å². The van der Waals surface area contributed by atoms with Gasteiger partial charge < -0.3 is 5.11 Å². The Labute approximate surface area is 104 Å². The molecule has 1 aliphatic rings. The summed E-state index contributed by atoms with van der Waals surface area (Å²) in [5.74, 6) is 0. The van der Waals surface area contributed by atoms with Crippen LogP contribution < -0.4 is 0 Å². The molecule has 0 unspecified atom stereocenters. The highest BCUT2D eigenvalue weighted by molar-refractivity contribution is 6.30. The maximum atomic E-state index is 10.9. The van der Waals surface area contributed by atoms with Crippen LogP contribution >= 0.6 is 11.6 Å². The summed E-state index contributed by atoms with van der Waals surface area (Å²) in [4.78, 5) is 12.4. The van der Waals surface area contributed by atoms with Crippen LogP contribution in [0.1, 0.15) is 12.5 Å². The van der Waals surface area contributed by atoms with Crippen LogP contribution in [0.25, 0.3) is 0 Å². The van der Waals surface area contributed by atoms with Gasteiger partial charge in [0.2, 0.25) is 0 Å². The monoisotopic (exact) mass is 256 g/mol. The summed E-state index contributed by atoms with van der Waals surface area (Å²) in [6, 6.07) is 4.66. The summed E-state index contributed by atoms with van der Waals surface area (Å²) in [5, 5.41) is 20.8. The molecule has 1 aromatic carbocycles. The highest BCUT2D eigenvalue weighted by Gasteiger charge is 2.36. The van der Waals surface area contributed by atoms with Crippen LogP contribution in [-0.2, 0) is 6.54 Å². The quantitative estimate of drug-likeness (QED) is 0.662. The minimum atomic E-state index is -0.665. The number of halogens is 1. The molecule has 1 saturated heterocycles. The van der Waals surface area contributed by atoms with Gasteiger partial charge in [0.05, 0.1) is 10.5 Å². The number of rotatable bonds is 3. The number of nitrogens with zero attached hydrogens (tertiary/aromatic N) is 2. The first-order chi connectivity index (χ1) is 7.87. The van der Waals surface area contributed by atoms with E-state index in [9.17, 15) is 15.2 Å². The molecular weight excluding hydrogens is 244 g/mol. The van der Waals surface area contributed by atoms with Crippen molar-refractivity contribution in [2.45, 2.75) is 19.1 Å². The van der Waals surface area contributed by atoms with Crippen molar-refractivity contribution in [1.29, 1.82) is 0 Å². The number of likely N-dealkylation sites (tertiary alicyclic amines) is 1. The van der Waals surface area contributed by atoms with Crippen molar-refractivity contribution < 1.29 is 10.0 Å². The maximum Gasteiger partial charge on any atom is 0.275 e. The number of aliphatic hydroxyl groups is 1. The van der Waals surface area contributed by atoms with Gasteiger partial charge in [0.15, 0.2) is 0 Å². The topological polar surface area (TPSA) is 66.6 Å². The lowest BCUT2D eigenvalue weighted by Crippen LogP contribution is -2.59. The third-order valence-electron chi connectivity index (χ3n) is 2.77. The predicted octanol–water partition coefficient (Wildman–Crippen LogP) is 1.81. The van der Waals surface area contributed by atoms with E-state index in [0.29, 0.717) is 30.2 Å². The third kappa shape index (κ3) is 2.74. The fourth-order valence-electron chi connectivity index (χ4n) is 2.11. The Morgan fingerprint density at radius 2 is 2.24 bits per heavy atom. The molecule has 0 spiro atoms. The molecule has 0 radical (unpaired) electrons. The van der Waals surface area contributed by atoms with Gasteiger partial charge in [-0.3, -0.25) is 15.0 Å². The largest absolute Gasteiger partial charge is 0.388 e. The molecule has 1 aliphatic heterocycles. The van der Waals surface area contributed by atoms with Gasteiger partial charge in [-0.05, 0) is 19.1 Å². The molecule has 0 atom stereocenters. The zero-order valence-electron chi connectivity index (χ0n) is 9.39. The maximum absolute atomic E-state index is 10.9. The minimum Gasteiger partial charge on any atom is -0.388 e. The van der Waals surface area contributed by atoms with E-state index in [0.717, 1.165) is 0 Å². The second kappa shape index (κ2) is 4.25. The van der Waals surface area contributed by atoms with Crippen LogP contribution in [0.5, 0.6) is 0 Å².